The van der Waals surface area contributed by atoms with Gasteiger partial charge in [0.1, 0.15) is 18.0 Å². The van der Waals surface area contributed by atoms with Crippen LogP contribution in [0.4, 0.5) is 45.0 Å². The van der Waals surface area contributed by atoms with Gasteiger partial charge in [0.15, 0.2) is 5.82 Å². The summed E-state index contributed by atoms with van der Waals surface area (Å²) in [6.45, 7) is 3.66. The summed E-state index contributed by atoms with van der Waals surface area (Å²) in [6, 6.07) is 11.2. The number of carbonyl (C=O) groups excluding carboxylic acids is 1. The number of alkyl halides is 5. The molecule has 40 heavy (non-hydrogen) atoms. The second kappa shape index (κ2) is 11.7. The summed E-state index contributed by atoms with van der Waals surface area (Å²) >= 11 is 0. The molecule has 3 N–H and O–H groups in total. The number of benzene rings is 2. The van der Waals surface area contributed by atoms with Crippen molar-refractivity contribution < 1.29 is 26.7 Å². The van der Waals surface area contributed by atoms with Crippen LogP contribution in [-0.2, 0) is 12.6 Å². The Morgan fingerprint density at radius 1 is 1.02 bits per heavy atom. The lowest BCUT2D eigenvalue weighted by atomic mass is 10.0. The maximum absolute atomic E-state index is 13.4. The number of nitrogens with one attached hydrogen (secondary N) is 3. The molecule has 0 saturated carbocycles. The topological polar surface area (TPSA) is 96.8 Å². The van der Waals surface area contributed by atoms with Gasteiger partial charge < -0.3 is 16.0 Å². The first-order valence-corrected chi connectivity index (χ1v) is 12.2. The van der Waals surface area contributed by atoms with Crippen molar-refractivity contribution in [3.8, 4) is 5.82 Å². The fraction of sp³-hybridized carbons (Fsp3) is 0.259. The zero-order valence-electron chi connectivity index (χ0n) is 21.8. The van der Waals surface area contributed by atoms with E-state index in [1.165, 1.54) is 12.4 Å². The van der Waals surface area contributed by atoms with Crippen molar-refractivity contribution >= 4 is 28.9 Å². The molecule has 0 bridgehead atoms. The predicted molar refractivity (Wildman–Crippen MR) is 142 cm³/mol. The van der Waals surface area contributed by atoms with E-state index in [1.807, 2.05) is 13.8 Å². The summed E-state index contributed by atoms with van der Waals surface area (Å²) in [6.07, 6.45) is -6.93. The molecule has 1 amide bonds. The average molecular weight is 560 g/mol. The monoisotopic (exact) mass is 559 g/mol. The largest absolute Gasteiger partial charge is 0.416 e. The van der Waals surface area contributed by atoms with Crippen molar-refractivity contribution in [2.75, 3.05) is 23.0 Å². The number of rotatable bonds is 9. The van der Waals surface area contributed by atoms with Gasteiger partial charge in [-0.25, -0.2) is 18.7 Å². The van der Waals surface area contributed by atoms with Crippen LogP contribution in [0.15, 0.2) is 54.9 Å². The van der Waals surface area contributed by atoms with E-state index in [4.69, 9.17) is 0 Å². The zero-order valence-corrected chi connectivity index (χ0v) is 21.8. The highest BCUT2D eigenvalue weighted by atomic mass is 19.4. The molecule has 0 atom stereocenters. The van der Waals surface area contributed by atoms with E-state index in [-0.39, 0.29) is 17.5 Å². The Kier molecular flexibility index (Phi) is 8.31. The molecule has 8 nitrogen and oxygen atoms in total. The molecule has 4 aromatic rings. The Morgan fingerprint density at radius 2 is 1.80 bits per heavy atom. The van der Waals surface area contributed by atoms with Crippen LogP contribution in [-0.4, -0.2) is 39.1 Å². The molecule has 0 aliphatic carbocycles. The molecule has 2 heterocycles. The quantitative estimate of drug-likeness (QED) is 0.202. The van der Waals surface area contributed by atoms with Crippen molar-refractivity contribution in [2.45, 2.75) is 39.3 Å². The van der Waals surface area contributed by atoms with Gasteiger partial charge in [-0.15, -0.1) is 0 Å². The fourth-order valence-corrected chi connectivity index (χ4v) is 3.95. The summed E-state index contributed by atoms with van der Waals surface area (Å²) in [5.41, 5.74) is 1.07. The lowest BCUT2D eigenvalue weighted by Gasteiger charge is -2.15. The van der Waals surface area contributed by atoms with Gasteiger partial charge >= 0.3 is 6.18 Å². The molecule has 0 spiro atoms. The maximum Gasteiger partial charge on any atom is 0.416 e. The van der Waals surface area contributed by atoms with E-state index in [1.54, 1.807) is 42.1 Å². The first kappa shape index (κ1) is 28.5. The molecule has 0 unspecified atom stereocenters. The van der Waals surface area contributed by atoms with Crippen molar-refractivity contribution in [3.05, 3.63) is 82.8 Å². The van der Waals surface area contributed by atoms with Crippen LogP contribution in [0, 0.1) is 13.8 Å². The molecule has 210 valence electrons. The first-order chi connectivity index (χ1) is 18.9. The molecular formula is C27H26F5N7O. The molecule has 2 aromatic heterocycles. The number of carbonyl (C=O) groups is 1. The smallest absolute Gasteiger partial charge is 0.373 e. The van der Waals surface area contributed by atoms with Crippen molar-refractivity contribution in [1.82, 2.24) is 19.7 Å². The van der Waals surface area contributed by atoms with Crippen molar-refractivity contribution in [1.29, 1.82) is 0 Å². The van der Waals surface area contributed by atoms with Crippen LogP contribution in [0.1, 0.15) is 39.2 Å². The number of nitrogens with zero attached hydrogens (tertiary/aromatic N) is 4. The number of halogens is 5. The first-order valence-electron chi connectivity index (χ1n) is 12.2. The zero-order chi connectivity index (χ0) is 29.0. The van der Waals surface area contributed by atoms with Crippen LogP contribution in [0.3, 0.4) is 0 Å². The second-order valence-electron chi connectivity index (χ2n) is 9.05. The molecule has 13 heteroatoms. The third-order valence-electron chi connectivity index (χ3n) is 5.95. The van der Waals surface area contributed by atoms with Gasteiger partial charge in [0.2, 0.25) is 6.43 Å². The van der Waals surface area contributed by atoms with Crippen molar-refractivity contribution in [3.63, 3.8) is 0 Å². The summed E-state index contributed by atoms with van der Waals surface area (Å²) in [7, 11) is 1.73. The average Bonchev–Trinajstić information content (AvgIpc) is 3.28. The van der Waals surface area contributed by atoms with Gasteiger partial charge in [-0.05, 0) is 61.7 Å². The summed E-state index contributed by atoms with van der Waals surface area (Å²) in [4.78, 5) is 21.3. The van der Waals surface area contributed by atoms with Gasteiger partial charge in [-0.3, -0.25) is 4.79 Å². The Balaban J connectivity index is 1.60. The Labute approximate surface area is 226 Å². The van der Waals surface area contributed by atoms with Gasteiger partial charge in [0.25, 0.3) is 5.91 Å². The molecule has 2 aromatic carbocycles. The minimum Gasteiger partial charge on any atom is -0.373 e. The SMILES string of the molecule is CNc1cc(-n2nc(C)cc2Nc2cc(NC(=O)c3cc(CCC(F)F)cc(C(F)(F)F)c3)ccc2C)ncn1. The van der Waals surface area contributed by atoms with Gasteiger partial charge in [0.05, 0.1) is 11.3 Å². The second-order valence-corrected chi connectivity index (χ2v) is 9.05. The molecule has 4 rings (SSSR count). The van der Waals surface area contributed by atoms with Crippen LogP contribution >= 0.6 is 0 Å². The number of hydrogen-bond donors (Lipinski definition) is 3. The van der Waals surface area contributed by atoms with Crippen molar-refractivity contribution in [2.24, 2.45) is 0 Å². The molecule has 0 fully saturated rings. The minimum atomic E-state index is -4.74. The van der Waals surface area contributed by atoms with E-state index in [9.17, 15) is 26.7 Å². The normalized spacial score (nSPS) is 11.5. The number of aromatic nitrogens is 4. The van der Waals surface area contributed by atoms with E-state index in [2.05, 4.69) is 31.0 Å². The number of anilines is 4. The minimum absolute atomic E-state index is 0.00122. The van der Waals surface area contributed by atoms with E-state index < -0.39 is 30.5 Å². The third-order valence-corrected chi connectivity index (χ3v) is 5.95. The molecular weight excluding hydrogens is 533 g/mol. The number of aryl methyl sites for hydroxylation is 3. The van der Waals surface area contributed by atoms with Crippen LogP contribution in [0.2, 0.25) is 0 Å². The Bertz CT molecular complexity index is 1520. The van der Waals surface area contributed by atoms with E-state index in [0.717, 1.165) is 11.6 Å². The van der Waals surface area contributed by atoms with E-state index in [0.29, 0.717) is 40.6 Å². The highest BCUT2D eigenvalue weighted by molar-refractivity contribution is 6.04. The highest BCUT2D eigenvalue weighted by Gasteiger charge is 2.32. The Morgan fingerprint density at radius 3 is 2.50 bits per heavy atom. The Hall–Kier alpha value is -4.55. The van der Waals surface area contributed by atoms with Gasteiger partial charge in [-0.1, -0.05) is 6.07 Å². The van der Waals surface area contributed by atoms with Gasteiger partial charge in [-0.2, -0.15) is 23.0 Å². The summed E-state index contributed by atoms with van der Waals surface area (Å²) in [5, 5.41) is 13.3. The van der Waals surface area contributed by atoms with Gasteiger partial charge in [0, 0.05) is 42.5 Å². The summed E-state index contributed by atoms with van der Waals surface area (Å²) in [5.74, 6) is 0.869. The maximum atomic E-state index is 13.4. The summed E-state index contributed by atoms with van der Waals surface area (Å²) < 4.78 is 67.2. The highest BCUT2D eigenvalue weighted by Crippen LogP contribution is 2.32. The lowest BCUT2D eigenvalue weighted by molar-refractivity contribution is -0.137. The molecule has 0 radical (unpaired) electrons. The lowest BCUT2D eigenvalue weighted by Crippen LogP contribution is -2.15. The fourth-order valence-electron chi connectivity index (χ4n) is 3.95. The molecule has 0 saturated heterocycles. The van der Waals surface area contributed by atoms with E-state index >= 15 is 0 Å². The number of amides is 1. The molecule has 0 aliphatic heterocycles. The predicted octanol–water partition coefficient (Wildman–Crippen LogP) is 6.53. The third kappa shape index (κ3) is 6.90. The van der Waals surface area contributed by atoms with Crippen LogP contribution < -0.4 is 16.0 Å². The van der Waals surface area contributed by atoms with Crippen LogP contribution in [0.25, 0.3) is 5.82 Å². The van der Waals surface area contributed by atoms with Crippen LogP contribution in [0.5, 0.6) is 0 Å². The number of hydrogen-bond acceptors (Lipinski definition) is 6. The standard InChI is InChI=1S/C27H26F5N7O/c1-15-4-6-20(36-26(40)18-9-17(5-7-22(28)29)10-19(11-18)27(30,31)32)12-21(15)37-25-8-16(2)38-39(25)24-13-23(33-3)34-14-35-24/h4,6,8-14,22,37H,5,7H2,1-3H3,(H,36,40)(H,33,34,35). The molecule has 0 aliphatic rings.